The van der Waals surface area contributed by atoms with Crippen LogP contribution in [0.2, 0.25) is 0 Å². The molecule has 0 aromatic heterocycles. The molecule has 4 rings (SSSR count). The number of piperazine rings is 1. The van der Waals surface area contributed by atoms with Gasteiger partial charge in [0.1, 0.15) is 0 Å². The lowest BCUT2D eigenvalue weighted by Gasteiger charge is -2.45. The zero-order chi connectivity index (χ0) is 17.8. The summed E-state index contributed by atoms with van der Waals surface area (Å²) in [6, 6.07) is 12.7. The van der Waals surface area contributed by atoms with E-state index in [9.17, 15) is 0 Å². The van der Waals surface area contributed by atoms with Gasteiger partial charge >= 0.3 is 0 Å². The lowest BCUT2D eigenvalue weighted by Crippen LogP contribution is -2.54. The molecule has 3 heteroatoms. The Morgan fingerprint density at radius 3 is 2.15 bits per heavy atom. The van der Waals surface area contributed by atoms with Crippen LogP contribution in [0.15, 0.2) is 30.3 Å². The van der Waals surface area contributed by atoms with E-state index in [1.165, 1.54) is 83.4 Å². The van der Waals surface area contributed by atoms with E-state index in [0.717, 1.165) is 24.5 Å². The summed E-state index contributed by atoms with van der Waals surface area (Å²) in [5, 5.41) is 0. The molecular weight excluding hydrogens is 318 g/mol. The Bertz CT molecular complexity index is 530. The van der Waals surface area contributed by atoms with E-state index in [0.29, 0.717) is 0 Å². The summed E-state index contributed by atoms with van der Waals surface area (Å²) < 4.78 is 0. The van der Waals surface area contributed by atoms with E-state index in [4.69, 9.17) is 0 Å². The van der Waals surface area contributed by atoms with Gasteiger partial charge in [0.15, 0.2) is 0 Å². The van der Waals surface area contributed by atoms with Crippen LogP contribution < -0.4 is 0 Å². The molecule has 2 atom stereocenters. The monoisotopic (exact) mass is 355 g/mol. The molecule has 3 aliphatic rings. The number of piperidine rings is 1. The van der Waals surface area contributed by atoms with Gasteiger partial charge in [0.25, 0.3) is 0 Å². The lowest BCUT2D eigenvalue weighted by molar-refractivity contribution is 0.0357. The van der Waals surface area contributed by atoms with E-state index in [-0.39, 0.29) is 0 Å². The number of likely N-dealkylation sites (tertiary alicyclic amines) is 1. The van der Waals surface area contributed by atoms with Gasteiger partial charge in [-0.15, -0.1) is 0 Å². The first-order chi connectivity index (χ1) is 12.8. The molecule has 2 aliphatic heterocycles. The van der Waals surface area contributed by atoms with Crippen LogP contribution in [0.5, 0.6) is 0 Å². The molecule has 0 amide bonds. The number of rotatable bonds is 4. The molecule has 0 unspecified atom stereocenters. The molecule has 1 saturated carbocycles. The molecule has 0 radical (unpaired) electrons. The molecule has 0 bridgehead atoms. The number of nitrogens with zero attached hydrogens (tertiary/aromatic N) is 3. The third-order valence-electron chi connectivity index (χ3n) is 7.10. The van der Waals surface area contributed by atoms with E-state index >= 15 is 0 Å². The lowest BCUT2D eigenvalue weighted by atomic mass is 9.85. The van der Waals surface area contributed by atoms with Crippen molar-refractivity contribution in [2.24, 2.45) is 5.92 Å². The molecule has 144 valence electrons. The first kappa shape index (κ1) is 18.5. The third-order valence-corrected chi connectivity index (χ3v) is 7.10. The minimum absolute atomic E-state index is 0.839. The van der Waals surface area contributed by atoms with Gasteiger partial charge in [-0.25, -0.2) is 0 Å². The molecule has 0 N–H and O–H groups in total. The second-order valence-electron chi connectivity index (χ2n) is 8.99. The van der Waals surface area contributed by atoms with E-state index < -0.39 is 0 Å². The minimum Gasteiger partial charge on any atom is -0.300 e. The van der Waals surface area contributed by atoms with Crippen LogP contribution in [0.25, 0.3) is 0 Å². The summed E-state index contributed by atoms with van der Waals surface area (Å²) in [7, 11) is 0. The average molecular weight is 356 g/mol. The first-order valence-electron chi connectivity index (χ1n) is 11.0. The van der Waals surface area contributed by atoms with Crippen LogP contribution in [0.3, 0.4) is 0 Å². The average Bonchev–Trinajstić information content (AvgIpc) is 2.70. The maximum Gasteiger partial charge on any atom is 0.0234 e. The summed E-state index contributed by atoms with van der Waals surface area (Å²) in [4.78, 5) is 8.25. The highest BCUT2D eigenvalue weighted by Crippen LogP contribution is 2.30. The summed E-state index contributed by atoms with van der Waals surface area (Å²) in [5.74, 6) is 0.948. The Kier molecular flexibility index (Phi) is 6.29. The topological polar surface area (TPSA) is 9.72 Å². The van der Waals surface area contributed by atoms with Gasteiger partial charge in [-0.3, -0.25) is 9.80 Å². The third kappa shape index (κ3) is 4.68. The SMILES string of the molecule is C[C@H]1CCC[C@@H](N2CCC(N3CCN(Cc4ccccc4)CC3)CC2)C1. The van der Waals surface area contributed by atoms with Crippen LogP contribution in [0.1, 0.15) is 51.0 Å². The van der Waals surface area contributed by atoms with Crippen molar-refractivity contribution in [3.8, 4) is 0 Å². The van der Waals surface area contributed by atoms with Crippen molar-refractivity contribution in [2.45, 2.75) is 64.1 Å². The molecule has 1 aromatic rings. The maximum atomic E-state index is 2.83. The fourth-order valence-corrected chi connectivity index (χ4v) is 5.48. The summed E-state index contributed by atoms with van der Waals surface area (Å²) in [5.41, 5.74) is 1.45. The van der Waals surface area contributed by atoms with Crippen molar-refractivity contribution in [3.63, 3.8) is 0 Å². The van der Waals surface area contributed by atoms with Crippen LogP contribution in [0, 0.1) is 5.92 Å². The van der Waals surface area contributed by atoms with E-state index in [2.05, 4.69) is 52.0 Å². The summed E-state index contributed by atoms with van der Waals surface area (Å²) >= 11 is 0. The number of benzene rings is 1. The number of hydrogen-bond acceptors (Lipinski definition) is 3. The molecular formula is C23H37N3. The second kappa shape index (κ2) is 8.86. The molecule has 26 heavy (non-hydrogen) atoms. The molecule has 3 nitrogen and oxygen atoms in total. The molecule has 1 aromatic carbocycles. The van der Waals surface area contributed by atoms with E-state index in [1.807, 2.05) is 0 Å². The van der Waals surface area contributed by atoms with Gasteiger partial charge in [-0.2, -0.15) is 0 Å². The highest BCUT2D eigenvalue weighted by Gasteiger charge is 2.31. The highest BCUT2D eigenvalue weighted by molar-refractivity contribution is 5.14. The van der Waals surface area contributed by atoms with Gasteiger partial charge in [-0.05, 0) is 50.3 Å². The fourth-order valence-electron chi connectivity index (χ4n) is 5.48. The van der Waals surface area contributed by atoms with Crippen molar-refractivity contribution < 1.29 is 0 Å². The predicted molar refractivity (Wildman–Crippen MR) is 109 cm³/mol. The van der Waals surface area contributed by atoms with Crippen molar-refractivity contribution in [1.29, 1.82) is 0 Å². The zero-order valence-corrected chi connectivity index (χ0v) is 16.7. The molecule has 3 fully saturated rings. The Labute approximate surface area is 160 Å². The van der Waals surface area contributed by atoms with Crippen LogP contribution in [-0.2, 0) is 6.54 Å². The van der Waals surface area contributed by atoms with Crippen molar-refractivity contribution in [3.05, 3.63) is 35.9 Å². The zero-order valence-electron chi connectivity index (χ0n) is 16.7. The van der Waals surface area contributed by atoms with Crippen molar-refractivity contribution in [2.75, 3.05) is 39.3 Å². The van der Waals surface area contributed by atoms with Crippen LogP contribution >= 0.6 is 0 Å². The van der Waals surface area contributed by atoms with Crippen LogP contribution in [0.4, 0.5) is 0 Å². The summed E-state index contributed by atoms with van der Waals surface area (Å²) in [6.45, 7) is 11.2. The maximum absolute atomic E-state index is 2.83. The van der Waals surface area contributed by atoms with Crippen LogP contribution in [-0.4, -0.2) is 66.1 Å². The highest BCUT2D eigenvalue weighted by atomic mass is 15.3. The Balaban J connectivity index is 1.20. The molecule has 1 aliphatic carbocycles. The van der Waals surface area contributed by atoms with Crippen molar-refractivity contribution in [1.82, 2.24) is 14.7 Å². The smallest absolute Gasteiger partial charge is 0.0234 e. The minimum atomic E-state index is 0.839. The van der Waals surface area contributed by atoms with Gasteiger partial charge in [0.2, 0.25) is 0 Å². The predicted octanol–water partition coefficient (Wildman–Crippen LogP) is 3.85. The molecule has 2 heterocycles. The normalized spacial score (nSPS) is 30.5. The Hall–Kier alpha value is -0.900. The van der Waals surface area contributed by atoms with Gasteiger partial charge in [-0.1, -0.05) is 50.1 Å². The van der Waals surface area contributed by atoms with Gasteiger partial charge < -0.3 is 4.90 Å². The largest absolute Gasteiger partial charge is 0.300 e. The van der Waals surface area contributed by atoms with Gasteiger partial charge in [0, 0.05) is 44.8 Å². The number of hydrogen-bond donors (Lipinski definition) is 0. The quantitative estimate of drug-likeness (QED) is 0.812. The Morgan fingerprint density at radius 2 is 1.46 bits per heavy atom. The van der Waals surface area contributed by atoms with Gasteiger partial charge in [0.05, 0.1) is 0 Å². The molecule has 2 saturated heterocycles. The summed E-state index contributed by atoms with van der Waals surface area (Å²) in [6.07, 6.45) is 8.60. The Morgan fingerprint density at radius 1 is 0.769 bits per heavy atom. The first-order valence-corrected chi connectivity index (χ1v) is 11.0. The second-order valence-corrected chi connectivity index (χ2v) is 8.99. The molecule has 0 spiro atoms. The fraction of sp³-hybridized carbons (Fsp3) is 0.739. The standard InChI is InChI=1S/C23H37N3/c1-20-6-5-9-23(18-20)25-12-10-22(11-13-25)26-16-14-24(15-17-26)19-21-7-3-2-4-8-21/h2-4,7-8,20,22-23H,5-6,9-19H2,1H3/t20-,23+/m0/s1. The van der Waals surface area contributed by atoms with E-state index in [1.54, 1.807) is 0 Å². The van der Waals surface area contributed by atoms with Crippen molar-refractivity contribution >= 4 is 0 Å².